The highest BCUT2D eigenvalue weighted by molar-refractivity contribution is 9.10. The van der Waals surface area contributed by atoms with E-state index in [1.54, 1.807) is 16.7 Å². The normalized spacial score (nSPS) is 10.5. The Kier molecular flexibility index (Phi) is 3.89. The number of nitro benzene ring substituents is 1. The zero-order chi connectivity index (χ0) is 14.9. The molecular formula is C13H11BrN2O4. The first-order valence-electron chi connectivity index (χ1n) is 5.82. The highest BCUT2D eigenvalue weighted by Gasteiger charge is 2.18. The molecule has 0 amide bonds. The van der Waals surface area contributed by atoms with Crippen LogP contribution < -0.4 is 0 Å². The molecule has 0 aliphatic heterocycles. The smallest absolute Gasteiger partial charge is 0.352 e. The lowest BCUT2D eigenvalue weighted by atomic mass is 10.1. The van der Waals surface area contributed by atoms with Gasteiger partial charge in [-0.2, -0.15) is 0 Å². The Morgan fingerprint density at radius 1 is 1.40 bits per heavy atom. The fourth-order valence-electron chi connectivity index (χ4n) is 2.05. The van der Waals surface area contributed by atoms with E-state index in [1.807, 2.05) is 6.92 Å². The molecule has 1 N–H and O–H groups in total. The maximum Gasteiger partial charge on any atom is 0.352 e. The summed E-state index contributed by atoms with van der Waals surface area (Å²) in [6, 6.07) is 7.55. The molecule has 1 aromatic carbocycles. The Bertz CT molecular complexity index is 694. The molecule has 20 heavy (non-hydrogen) atoms. The number of hydrogen-bond donors (Lipinski definition) is 1. The second-order valence-corrected chi connectivity index (χ2v) is 4.93. The quantitative estimate of drug-likeness (QED) is 0.682. The molecule has 0 aliphatic carbocycles. The van der Waals surface area contributed by atoms with Gasteiger partial charge in [0.05, 0.1) is 10.6 Å². The van der Waals surface area contributed by atoms with E-state index in [1.165, 1.54) is 18.2 Å². The first-order valence-corrected chi connectivity index (χ1v) is 6.62. The highest BCUT2D eigenvalue weighted by atomic mass is 79.9. The van der Waals surface area contributed by atoms with Gasteiger partial charge in [0.2, 0.25) is 0 Å². The Labute approximate surface area is 122 Å². The van der Waals surface area contributed by atoms with Gasteiger partial charge in [0, 0.05) is 28.7 Å². The molecule has 2 rings (SSSR count). The lowest BCUT2D eigenvalue weighted by Gasteiger charge is -2.10. The molecule has 0 saturated heterocycles. The first-order chi connectivity index (χ1) is 9.45. The Balaban J connectivity index is 2.65. The highest BCUT2D eigenvalue weighted by Crippen LogP contribution is 2.33. The van der Waals surface area contributed by atoms with E-state index in [4.69, 9.17) is 5.11 Å². The number of hydrogen-bond acceptors (Lipinski definition) is 3. The van der Waals surface area contributed by atoms with Crippen molar-refractivity contribution in [1.29, 1.82) is 0 Å². The number of nitro groups is 1. The lowest BCUT2D eigenvalue weighted by Crippen LogP contribution is -2.08. The van der Waals surface area contributed by atoms with E-state index in [-0.39, 0.29) is 11.4 Å². The van der Waals surface area contributed by atoms with Crippen LogP contribution in [0.1, 0.15) is 17.4 Å². The minimum absolute atomic E-state index is 0.0380. The van der Waals surface area contributed by atoms with Crippen LogP contribution in [-0.2, 0) is 6.54 Å². The average molecular weight is 339 g/mol. The van der Waals surface area contributed by atoms with E-state index < -0.39 is 10.9 Å². The molecule has 0 fully saturated rings. The first kappa shape index (κ1) is 14.3. The number of carbonyl (C=O) groups is 1. The van der Waals surface area contributed by atoms with E-state index in [0.717, 1.165) is 0 Å². The van der Waals surface area contributed by atoms with Gasteiger partial charge < -0.3 is 9.67 Å². The Morgan fingerprint density at radius 2 is 2.10 bits per heavy atom. The summed E-state index contributed by atoms with van der Waals surface area (Å²) in [6.45, 7) is 2.28. The maximum absolute atomic E-state index is 11.1. The molecule has 0 unspecified atom stereocenters. The van der Waals surface area contributed by atoms with Crippen molar-refractivity contribution in [3.05, 3.63) is 50.6 Å². The van der Waals surface area contributed by atoms with Crippen LogP contribution >= 0.6 is 15.9 Å². The molecule has 0 bridgehead atoms. The predicted octanol–water partition coefficient (Wildman–Crippen LogP) is 3.54. The van der Waals surface area contributed by atoms with Crippen molar-refractivity contribution in [2.45, 2.75) is 13.5 Å². The van der Waals surface area contributed by atoms with Crippen LogP contribution in [0.2, 0.25) is 0 Å². The molecule has 6 nitrogen and oxygen atoms in total. The number of aromatic carboxylic acids is 1. The van der Waals surface area contributed by atoms with Crippen molar-refractivity contribution in [3.63, 3.8) is 0 Å². The summed E-state index contributed by atoms with van der Waals surface area (Å²) in [6.07, 6.45) is 0. The lowest BCUT2D eigenvalue weighted by molar-refractivity contribution is -0.384. The molecule has 104 valence electrons. The fraction of sp³-hybridized carbons (Fsp3) is 0.154. The zero-order valence-corrected chi connectivity index (χ0v) is 12.1. The number of carboxylic acid groups (broad SMARTS) is 1. The molecule has 0 aliphatic rings. The van der Waals surface area contributed by atoms with Crippen LogP contribution in [0.3, 0.4) is 0 Å². The summed E-state index contributed by atoms with van der Waals surface area (Å²) in [5.74, 6) is -1.03. The van der Waals surface area contributed by atoms with Gasteiger partial charge in [-0.05, 0) is 25.1 Å². The van der Waals surface area contributed by atoms with Gasteiger partial charge in [-0.15, -0.1) is 0 Å². The summed E-state index contributed by atoms with van der Waals surface area (Å²) in [7, 11) is 0. The Hall–Kier alpha value is -2.15. The Morgan fingerprint density at radius 3 is 2.65 bits per heavy atom. The fourth-order valence-corrected chi connectivity index (χ4v) is 2.50. The molecular weight excluding hydrogens is 328 g/mol. The number of nitrogens with zero attached hydrogens (tertiary/aromatic N) is 2. The van der Waals surface area contributed by atoms with Crippen LogP contribution in [-0.4, -0.2) is 20.6 Å². The second kappa shape index (κ2) is 5.46. The van der Waals surface area contributed by atoms with Crippen molar-refractivity contribution >= 4 is 27.6 Å². The minimum atomic E-state index is -1.03. The molecule has 0 spiro atoms. The topological polar surface area (TPSA) is 85.4 Å². The average Bonchev–Trinajstić information content (AvgIpc) is 2.82. The predicted molar refractivity (Wildman–Crippen MR) is 76.9 cm³/mol. The molecule has 1 heterocycles. The third-order valence-corrected chi connectivity index (χ3v) is 3.64. The van der Waals surface area contributed by atoms with Crippen LogP contribution in [0.4, 0.5) is 5.69 Å². The summed E-state index contributed by atoms with van der Waals surface area (Å²) in [5.41, 5.74) is 1.33. The van der Waals surface area contributed by atoms with Gasteiger partial charge in [0.1, 0.15) is 5.69 Å². The van der Waals surface area contributed by atoms with Gasteiger partial charge in [0.25, 0.3) is 5.69 Å². The van der Waals surface area contributed by atoms with E-state index >= 15 is 0 Å². The number of benzene rings is 1. The number of aromatic nitrogens is 1. The SMILES string of the molecule is CCn1c(C(=O)O)ccc1-c1cc([N+](=O)[O-])ccc1Br. The zero-order valence-electron chi connectivity index (χ0n) is 10.5. The largest absolute Gasteiger partial charge is 0.477 e. The van der Waals surface area contributed by atoms with Crippen LogP contribution in [0.25, 0.3) is 11.3 Å². The van der Waals surface area contributed by atoms with E-state index in [2.05, 4.69) is 15.9 Å². The van der Waals surface area contributed by atoms with Gasteiger partial charge in [-0.25, -0.2) is 4.79 Å². The van der Waals surface area contributed by atoms with Crippen LogP contribution in [0.5, 0.6) is 0 Å². The van der Waals surface area contributed by atoms with Crippen molar-refractivity contribution < 1.29 is 14.8 Å². The number of non-ortho nitro benzene ring substituents is 1. The number of halogens is 1. The molecule has 2 aromatic rings. The molecule has 0 saturated carbocycles. The molecule has 0 radical (unpaired) electrons. The van der Waals surface area contributed by atoms with Crippen molar-refractivity contribution in [2.75, 3.05) is 0 Å². The van der Waals surface area contributed by atoms with E-state index in [0.29, 0.717) is 22.3 Å². The van der Waals surface area contributed by atoms with E-state index in [9.17, 15) is 14.9 Å². The summed E-state index contributed by atoms with van der Waals surface area (Å²) < 4.78 is 2.28. The second-order valence-electron chi connectivity index (χ2n) is 4.07. The maximum atomic E-state index is 11.1. The van der Waals surface area contributed by atoms with Gasteiger partial charge in [-0.1, -0.05) is 15.9 Å². The molecule has 7 heteroatoms. The minimum Gasteiger partial charge on any atom is -0.477 e. The summed E-state index contributed by atoms with van der Waals surface area (Å²) in [5, 5.41) is 20.0. The number of carboxylic acids is 1. The summed E-state index contributed by atoms with van der Waals surface area (Å²) >= 11 is 3.34. The van der Waals surface area contributed by atoms with Crippen molar-refractivity contribution in [3.8, 4) is 11.3 Å². The standard InChI is InChI=1S/C13H11BrN2O4/c1-2-15-11(5-6-12(15)13(17)18)9-7-8(16(19)20)3-4-10(9)14/h3-7H,2H2,1H3,(H,17,18). The third-order valence-electron chi connectivity index (χ3n) is 2.95. The summed E-state index contributed by atoms with van der Waals surface area (Å²) in [4.78, 5) is 21.5. The van der Waals surface area contributed by atoms with Crippen molar-refractivity contribution in [1.82, 2.24) is 4.57 Å². The third kappa shape index (κ3) is 2.44. The molecule has 0 atom stereocenters. The number of rotatable bonds is 4. The monoisotopic (exact) mass is 338 g/mol. The molecule has 1 aromatic heterocycles. The van der Waals surface area contributed by atoms with Crippen LogP contribution in [0.15, 0.2) is 34.8 Å². The van der Waals surface area contributed by atoms with Crippen LogP contribution in [0, 0.1) is 10.1 Å². The van der Waals surface area contributed by atoms with Gasteiger partial charge in [0.15, 0.2) is 0 Å². The van der Waals surface area contributed by atoms with Gasteiger partial charge >= 0.3 is 5.97 Å². The van der Waals surface area contributed by atoms with Crippen molar-refractivity contribution in [2.24, 2.45) is 0 Å². The van der Waals surface area contributed by atoms with Gasteiger partial charge in [-0.3, -0.25) is 10.1 Å².